The van der Waals surface area contributed by atoms with E-state index in [0.717, 1.165) is 5.00 Å². The Morgan fingerprint density at radius 3 is 3.06 bits per heavy atom. The molecule has 0 aliphatic carbocycles. The van der Waals surface area contributed by atoms with Gasteiger partial charge in [-0.25, -0.2) is 14.5 Å². The van der Waals surface area contributed by atoms with Crippen LogP contribution in [0.4, 0.5) is 5.13 Å². The number of esters is 1. The summed E-state index contributed by atoms with van der Waals surface area (Å²) in [5, 5.41) is 5.25. The SMILES string of the molecule is CCOC(=O)c1cnn(-c2cnc(N)s2)c1. The third-order valence-electron chi connectivity index (χ3n) is 1.83. The molecule has 2 rings (SSSR count). The number of anilines is 1. The molecule has 0 radical (unpaired) electrons. The normalized spacial score (nSPS) is 10.3. The molecule has 0 saturated carbocycles. The highest BCUT2D eigenvalue weighted by Crippen LogP contribution is 2.18. The molecule has 7 heteroatoms. The molecule has 0 fully saturated rings. The second kappa shape index (κ2) is 4.31. The largest absolute Gasteiger partial charge is 0.462 e. The minimum atomic E-state index is -0.383. The maximum atomic E-state index is 11.4. The van der Waals surface area contributed by atoms with Crippen molar-refractivity contribution in [3.05, 3.63) is 24.2 Å². The summed E-state index contributed by atoms with van der Waals surface area (Å²) in [4.78, 5) is 15.3. The first-order chi connectivity index (χ1) is 7.70. The van der Waals surface area contributed by atoms with Gasteiger partial charge in [0.15, 0.2) is 5.13 Å². The Morgan fingerprint density at radius 1 is 1.62 bits per heavy atom. The number of nitrogens with zero attached hydrogens (tertiary/aromatic N) is 3. The Kier molecular flexibility index (Phi) is 2.86. The molecule has 0 atom stereocenters. The van der Waals surface area contributed by atoms with Crippen molar-refractivity contribution in [2.24, 2.45) is 0 Å². The molecule has 0 spiro atoms. The summed E-state index contributed by atoms with van der Waals surface area (Å²) < 4.78 is 6.40. The van der Waals surface area contributed by atoms with Gasteiger partial charge in [-0.05, 0) is 6.92 Å². The topological polar surface area (TPSA) is 83.0 Å². The van der Waals surface area contributed by atoms with Crippen LogP contribution in [0.1, 0.15) is 17.3 Å². The van der Waals surface area contributed by atoms with Gasteiger partial charge in [0.05, 0.1) is 24.6 Å². The minimum absolute atomic E-state index is 0.345. The maximum Gasteiger partial charge on any atom is 0.341 e. The summed E-state index contributed by atoms with van der Waals surface area (Å²) in [5.74, 6) is -0.383. The summed E-state index contributed by atoms with van der Waals surface area (Å²) in [7, 11) is 0. The van der Waals surface area contributed by atoms with Gasteiger partial charge in [-0.3, -0.25) is 0 Å². The number of hydrogen-bond acceptors (Lipinski definition) is 6. The molecule has 2 N–H and O–H groups in total. The first kappa shape index (κ1) is 10.6. The average molecular weight is 238 g/mol. The van der Waals surface area contributed by atoms with Crippen LogP contribution in [0.15, 0.2) is 18.6 Å². The molecule has 2 aromatic rings. The molecule has 16 heavy (non-hydrogen) atoms. The van der Waals surface area contributed by atoms with E-state index in [2.05, 4.69) is 10.1 Å². The van der Waals surface area contributed by atoms with E-state index in [1.807, 2.05) is 0 Å². The second-order valence-corrected chi connectivity index (χ2v) is 3.97. The van der Waals surface area contributed by atoms with Gasteiger partial charge in [-0.15, -0.1) is 0 Å². The predicted molar refractivity (Wildman–Crippen MR) is 59.6 cm³/mol. The van der Waals surface area contributed by atoms with Crippen LogP contribution >= 0.6 is 11.3 Å². The molecule has 0 saturated heterocycles. The van der Waals surface area contributed by atoms with E-state index in [4.69, 9.17) is 10.5 Å². The van der Waals surface area contributed by atoms with Gasteiger partial charge in [0.25, 0.3) is 0 Å². The van der Waals surface area contributed by atoms with E-state index in [1.54, 1.807) is 24.0 Å². The lowest BCUT2D eigenvalue weighted by Crippen LogP contribution is -2.03. The van der Waals surface area contributed by atoms with Crippen molar-refractivity contribution in [3.63, 3.8) is 0 Å². The smallest absolute Gasteiger partial charge is 0.341 e. The van der Waals surface area contributed by atoms with Crippen LogP contribution in [0.5, 0.6) is 0 Å². The Balaban J connectivity index is 2.22. The number of nitrogens with two attached hydrogens (primary N) is 1. The van der Waals surface area contributed by atoms with Crippen molar-refractivity contribution < 1.29 is 9.53 Å². The second-order valence-electron chi connectivity index (χ2n) is 2.93. The number of carbonyl (C=O) groups excluding carboxylic acids is 1. The van der Waals surface area contributed by atoms with Crippen molar-refractivity contribution in [1.29, 1.82) is 0 Å². The zero-order chi connectivity index (χ0) is 11.5. The number of thiazole rings is 1. The Morgan fingerprint density at radius 2 is 2.44 bits per heavy atom. The number of hydrogen-bond donors (Lipinski definition) is 1. The first-order valence-corrected chi connectivity index (χ1v) is 5.46. The Labute approximate surface area is 95.7 Å². The zero-order valence-electron chi connectivity index (χ0n) is 8.58. The Hall–Kier alpha value is -1.89. The van der Waals surface area contributed by atoms with E-state index in [0.29, 0.717) is 17.3 Å². The van der Waals surface area contributed by atoms with Gasteiger partial charge in [0.1, 0.15) is 5.00 Å². The van der Waals surface area contributed by atoms with E-state index in [1.165, 1.54) is 17.5 Å². The van der Waals surface area contributed by atoms with Gasteiger partial charge in [-0.2, -0.15) is 5.10 Å². The number of rotatable bonds is 3. The molecule has 0 unspecified atom stereocenters. The van der Waals surface area contributed by atoms with Crippen molar-refractivity contribution in [1.82, 2.24) is 14.8 Å². The summed E-state index contributed by atoms with van der Waals surface area (Å²) in [6.45, 7) is 2.10. The molecular formula is C9H10N4O2S. The lowest BCUT2D eigenvalue weighted by atomic mass is 10.4. The fourth-order valence-corrected chi connectivity index (χ4v) is 1.77. The summed E-state index contributed by atoms with van der Waals surface area (Å²) >= 11 is 1.29. The van der Waals surface area contributed by atoms with Crippen molar-refractivity contribution in [3.8, 4) is 5.00 Å². The molecule has 0 aromatic carbocycles. The van der Waals surface area contributed by atoms with Crippen molar-refractivity contribution in [2.75, 3.05) is 12.3 Å². The molecule has 0 bridgehead atoms. The number of carbonyl (C=O) groups is 1. The third-order valence-corrected chi connectivity index (χ3v) is 2.65. The Bertz CT molecular complexity index is 505. The highest BCUT2D eigenvalue weighted by Gasteiger charge is 2.11. The molecule has 0 aliphatic heterocycles. The van der Waals surface area contributed by atoms with Crippen molar-refractivity contribution >= 4 is 22.4 Å². The van der Waals surface area contributed by atoms with Crippen LogP contribution in [-0.2, 0) is 4.74 Å². The first-order valence-electron chi connectivity index (χ1n) is 4.64. The van der Waals surface area contributed by atoms with E-state index < -0.39 is 0 Å². The number of nitrogen functional groups attached to an aromatic ring is 1. The molecule has 0 aliphatic rings. The number of ether oxygens (including phenoxy) is 1. The molecule has 0 amide bonds. The van der Waals surface area contributed by atoms with Crippen molar-refractivity contribution in [2.45, 2.75) is 6.92 Å². The fraction of sp³-hybridized carbons (Fsp3) is 0.222. The van der Waals surface area contributed by atoms with Gasteiger partial charge in [0.2, 0.25) is 0 Å². The van der Waals surface area contributed by atoms with Crippen LogP contribution in [0.3, 0.4) is 0 Å². The van der Waals surface area contributed by atoms with Gasteiger partial charge < -0.3 is 10.5 Å². The monoisotopic (exact) mass is 238 g/mol. The van der Waals surface area contributed by atoms with Crippen LogP contribution in [0.25, 0.3) is 5.00 Å². The molecule has 2 heterocycles. The maximum absolute atomic E-state index is 11.4. The van der Waals surface area contributed by atoms with E-state index in [9.17, 15) is 4.79 Å². The predicted octanol–water partition coefficient (Wildman–Crippen LogP) is 1.09. The third kappa shape index (κ3) is 2.03. The zero-order valence-corrected chi connectivity index (χ0v) is 9.40. The summed E-state index contributed by atoms with van der Waals surface area (Å²) in [5.41, 5.74) is 5.92. The van der Waals surface area contributed by atoms with E-state index >= 15 is 0 Å². The highest BCUT2D eigenvalue weighted by molar-refractivity contribution is 7.17. The lowest BCUT2D eigenvalue weighted by molar-refractivity contribution is 0.0526. The molecule has 6 nitrogen and oxygen atoms in total. The minimum Gasteiger partial charge on any atom is -0.462 e. The fourth-order valence-electron chi connectivity index (χ4n) is 1.15. The highest BCUT2D eigenvalue weighted by atomic mass is 32.1. The van der Waals surface area contributed by atoms with Gasteiger partial charge in [-0.1, -0.05) is 11.3 Å². The van der Waals surface area contributed by atoms with Crippen LogP contribution in [-0.4, -0.2) is 27.3 Å². The van der Waals surface area contributed by atoms with Gasteiger partial charge >= 0.3 is 5.97 Å². The lowest BCUT2D eigenvalue weighted by Gasteiger charge is -1.96. The van der Waals surface area contributed by atoms with Crippen LogP contribution in [0, 0.1) is 0 Å². The molecule has 2 aromatic heterocycles. The summed E-state index contributed by atoms with van der Waals surface area (Å²) in [6.07, 6.45) is 4.64. The van der Waals surface area contributed by atoms with Gasteiger partial charge in [0, 0.05) is 6.20 Å². The standard InChI is InChI=1S/C9H10N4O2S/c1-2-15-8(14)6-3-12-13(5-6)7-4-11-9(10)16-7/h3-5H,2H2,1H3,(H2,10,11). The average Bonchev–Trinajstić information content (AvgIpc) is 2.85. The summed E-state index contributed by atoms with van der Waals surface area (Å²) in [6, 6.07) is 0. The van der Waals surface area contributed by atoms with E-state index in [-0.39, 0.29) is 5.97 Å². The molecular weight excluding hydrogens is 228 g/mol. The van der Waals surface area contributed by atoms with Crippen LogP contribution in [0.2, 0.25) is 0 Å². The molecule has 84 valence electrons. The quantitative estimate of drug-likeness (QED) is 0.809. The number of aromatic nitrogens is 3. The van der Waals surface area contributed by atoms with Crippen LogP contribution < -0.4 is 5.73 Å².